The maximum atomic E-state index is 13.3. The fraction of sp³-hybridized carbons (Fsp3) is 0.278. The van der Waals surface area contributed by atoms with E-state index in [9.17, 15) is 17.6 Å². The monoisotopic (exact) mass is 378 g/mol. The largest absolute Gasteiger partial charge is 0.376 e. The van der Waals surface area contributed by atoms with Crippen molar-refractivity contribution in [1.29, 1.82) is 0 Å². The maximum absolute atomic E-state index is 13.3. The molecule has 3 rings (SSSR count). The van der Waals surface area contributed by atoms with E-state index in [-0.39, 0.29) is 22.3 Å². The zero-order valence-corrected chi connectivity index (χ0v) is 14.8. The van der Waals surface area contributed by atoms with Crippen molar-refractivity contribution >= 4 is 21.6 Å². The average molecular weight is 378 g/mol. The van der Waals surface area contributed by atoms with Gasteiger partial charge in [0.1, 0.15) is 5.82 Å². The van der Waals surface area contributed by atoms with Gasteiger partial charge in [0.25, 0.3) is 15.9 Å². The number of nitrogens with one attached hydrogen (secondary N) is 2. The molecule has 0 aromatic heterocycles. The first kappa shape index (κ1) is 18.3. The number of carbonyl (C=O) groups is 1. The van der Waals surface area contributed by atoms with Crippen LogP contribution in [-0.2, 0) is 14.8 Å². The molecule has 26 heavy (non-hydrogen) atoms. The highest BCUT2D eigenvalue weighted by molar-refractivity contribution is 7.92. The first-order valence-electron chi connectivity index (χ1n) is 8.23. The first-order chi connectivity index (χ1) is 12.5. The van der Waals surface area contributed by atoms with Crippen LogP contribution in [0.25, 0.3) is 0 Å². The van der Waals surface area contributed by atoms with Gasteiger partial charge >= 0.3 is 0 Å². The molecule has 2 aromatic carbocycles. The van der Waals surface area contributed by atoms with Gasteiger partial charge in [-0.2, -0.15) is 0 Å². The molecule has 0 bridgehead atoms. The number of amides is 1. The topological polar surface area (TPSA) is 84.5 Å². The van der Waals surface area contributed by atoms with Gasteiger partial charge in [-0.3, -0.25) is 9.52 Å². The molecule has 1 aliphatic rings. The molecule has 1 amide bonds. The standard InChI is InChI=1S/C18H19FN2O4S/c19-13-5-3-7-15(11-13)26(23,24)21-17-9-2-1-8-16(17)18(22)20-12-14-6-4-10-25-14/h1-3,5,7-9,11,14,21H,4,6,10,12H2,(H,20,22)/t14-/m1/s1. The molecule has 138 valence electrons. The number of anilines is 1. The highest BCUT2D eigenvalue weighted by atomic mass is 32.2. The average Bonchev–Trinajstić information content (AvgIpc) is 3.13. The SMILES string of the molecule is O=C(NC[C@H]1CCCO1)c1ccccc1NS(=O)(=O)c1cccc(F)c1. The Kier molecular flexibility index (Phi) is 5.53. The second-order valence-electron chi connectivity index (χ2n) is 5.95. The lowest BCUT2D eigenvalue weighted by molar-refractivity contribution is 0.0858. The molecule has 1 aliphatic heterocycles. The highest BCUT2D eigenvalue weighted by Crippen LogP contribution is 2.21. The van der Waals surface area contributed by atoms with Crippen molar-refractivity contribution in [3.8, 4) is 0 Å². The van der Waals surface area contributed by atoms with Gasteiger partial charge in [-0.25, -0.2) is 12.8 Å². The zero-order chi connectivity index (χ0) is 18.6. The number of benzene rings is 2. The molecular formula is C18H19FN2O4S. The third kappa shape index (κ3) is 4.39. The second kappa shape index (κ2) is 7.84. The van der Waals surface area contributed by atoms with Gasteiger partial charge in [0.05, 0.1) is 22.3 Å². The molecule has 1 saturated heterocycles. The predicted octanol–water partition coefficient (Wildman–Crippen LogP) is 2.54. The van der Waals surface area contributed by atoms with Crippen molar-refractivity contribution < 1.29 is 22.3 Å². The van der Waals surface area contributed by atoms with E-state index >= 15 is 0 Å². The fourth-order valence-corrected chi connectivity index (χ4v) is 3.83. The van der Waals surface area contributed by atoms with E-state index < -0.39 is 21.7 Å². The molecule has 0 aliphatic carbocycles. The molecule has 8 heteroatoms. The lowest BCUT2D eigenvalue weighted by atomic mass is 10.1. The summed E-state index contributed by atoms with van der Waals surface area (Å²) in [7, 11) is -4.02. The van der Waals surface area contributed by atoms with E-state index in [0.717, 1.165) is 25.0 Å². The summed E-state index contributed by atoms with van der Waals surface area (Å²) in [6.07, 6.45) is 1.83. The van der Waals surface area contributed by atoms with Crippen LogP contribution in [0.15, 0.2) is 53.4 Å². The minimum Gasteiger partial charge on any atom is -0.376 e. The number of rotatable bonds is 6. The minimum atomic E-state index is -4.02. The number of sulfonamides is 1. The van der Waals surface area contributed by atoms with Crippen molar-refractivity contribution in [2.75, 3.05) is 17.9 Å². The Hall–Kier alpha value is -2.45. The van der Waals surface area contributed by atoms with Gasteiger partial charge < -0.3 is 10.1 Å². The van der Waals surface area contributed by atoms with Gasteiger partial charge in [-0.1, -0.05) is 18.2 Å². The van der Waals surface area contributed by atoms with E-state index in [0.29, 0.717) is 13.2 Å². The van der Waals surface area contributed by atoms with Gasteiger partial charge in [0.15, 0.2) is 0 Å². The predicted molar refractivity (Wildman–Crippen MR) is 95.0 cm³/mol. The summed E-state index contributed by atoms with van der Waals surface area (Å²) in [6.45, 7) is 1.05. The molecule has 6 nitrogen and oxygen atoms in total. The number of halogens is 1. The number of hydrogen-bond acceptors (Lipinski definition) is 4. The Morgan fingerprint density at radius 1 is 1.19 bits per heavy atom. The summed E-state index contributed by atoms with van der Waals surface area (Å²) >= 11 is 0. The Bertz CT molecular complexity index is 896. The fourth-order valence-electron chi connectivity index (χ4n) is 2.72. The molecule has 0 spiro atoms. The minimum absolute atomic E-state index is 0.0184. The van der Waals surface area contributed by atoms with Crippen LogP contribution in [0.2, 0.25) is 0 Å². The number of ether oxygens (including phenoxy) is 1. The third-order valence-corrected chi connectivity index (χ3v) is 5.40. The van der Waals surface area contributed by atoms with Crippen LogP contribution in [0.5, 0.6) is 0 Å². The molecule has 2 N–H and O–H groups in total. The number of carbonyl (C=O) groups excluding carboxylic acids is 1. The Balaban J connectivity index is 1.77. The Morgan fingerprint density at radius 2 is 2.00 bits per heavy atom. The molecule has 0 radical (unpaired) electrons. The number of para-hydroxylation sites is 1. The summed E-state index contributed by atoms with van der Waals surface area (Å²) < 4.78 is 46.1. The van der Waals surface area contributed by atoms with E-state index in [2.05, 4.69) is 10.0 Å². The Morgan fingerprint density at radius 3 is 2.73 bits per heavy atom. The van der Waals surface area contributed by atoms with Gasteiger partial charge in [0.2, 0.25) is 0 Å². The second-order valence-corrected chi connectivity index (χ2v) is 7.64. The highest BCUT2D eigenvalue weighted by Gasteiger charge is 2.21. The van der Waals surface area contributed by atoms with Gasteiger partial charge in [-0.05, 0) is 43.2 Å². The van der Waals surface area contributed by atoms with Crippen molar-refractivity contribution in [2.24, 2.45) is 0 Å². The van der Waals surface area contributed by atoms with Crippen LogP contribution in [0, 0.1) is 5.82 Å². The molecule has 0 saturated carbocycles. The molecule has 2 aromatic rings. The van der Waals surface area contributed by atoms with E-state index in [1.165, 1.54) is 24.3 Å². The lowest BCUT2D eigenvalue weighted by Crippen LogP contribution is -2.32. The number of hydrogen-bond donors (Lipinski definition) is 2. The van der Waals surface area contributed by atoms with Crippen LogP contribution in [0.4, 0.5) is 10.1 Å². The van der Waals surface area contributed by atoms with E-state index in [1.54, 1.807) is 12.1 Å². The van der Waals surface area contributed by atoms with Crippen LogP contribution in [0.1, 0.15) is 23.2 Å². The molecule has 1 fully saturated rings. The van der Waals surface area contributed by atoms with Gasteiger partial charge in [-0.15, -0.1) is 0 Å². The zero-order valence-electron chi connectivity index (χ0n) is 13.9. The van der Waals surface area contributed by atoms with Crippen LogP contribution < -0.4 is 10.0 Å². The smallest absolute Gasteiger partial charge is 0.262 e. The molecule has 1 heterocycles. The van der Waals surface area contributed by atoms with Crippen LogP contribution in [-0.4, -0.2) is 33.6 Å². The summed E-state index contributed by atoms with van der Waals surface area (Å²) in [6, 6.07) is 10.9. The Labute approximate surface area is 151 Å². The van der Waals surface area contributed by atoms with Crippen LogP contribution in [0.3, 0.4) is 0 Å². The van der Waals surface area contributed by atoms with Crippen LogP contribution >= 0.6 is 0 Å². The van der Waals surface area contributed by atoms with Crippen molar-refractivity contribution in [2.45, 2.75) is 23.8 Å². The molecule has 1 atom stereocenters. The normalized spacial score (nSPS) is 17.0. The summed E-state index contributed by atoms with van der Waals surface area (Å²) in [4.78, 5) is 12.2. The van der Waals surface area contributed by atoms with Crippen molar-refractivity contribution in [3.05, 3.63) is 59.9 Å². The maximum Gasteiger partial charge on any atom is 0.262 e. The summed E-state index contributed by atoms with van der Waals surface area (Å²) in [5.41, 5.74) is 0.312. The first-order valence-corrected chi connectivity index (χ1v) is 9.71. The lowest BCUT2D eigenvalue weighted by Gasteiger charge is -2.14. The summed E-state index contributed by atoms with van der Waals surface area (Å²) in [5.74, 6) is -1.06. The third-order valence-electron chi connectivity index (χ3n) is 4.04. The van der Waals surface area contributed by atoms with Crippen molar-refractivity contribution in [1.82, 2.24) is 5.32 Å². The molecule has 0 unspecified atom stereocenters. The molecular weight excluding hydrogens is 359 g/mol. The summed E-state index contributed by atoms with van der Waals surface area (Å²) in [5, 5.41) is 2.76. The quantitative estimate of drug-likeness (QED) is 0.809. The van der Waals surface area contributed by atoms with Crippen molar-refractivity contribution in [3.63, 3.8) is 0 Å². The van der Waals surface area contributed by atoms with E-state index in [1.807, 2.05) is 0 Å². The van der Waals surface area contributed by atoms with E-state index in [4.69, 9.17) is 4.74 Å². The van der Waals surface area contributed by atoms with Gasteiger partial charge in [0, 0.05) is 13.2 Å².